The molecule has 1 aromatic carbocycles. The number of hydrogen-bond acceptors (Lipinski definition) is 4. The van der Waals surface area contributed by atoms with Gasteiger partial charge in [0.1, 0.15) is 11.4 Å². The molecular formula is C19H22N4O2. The summed E-state index contributed by atoms with van der Waals surface area (Å²) in [7, 11) is 3.88. The minimum absolute atomic E-state index is 0.173. The van der Waals surface area contributed by atoms with E-state index in [2.05, 4.69) is 10.3 Å². The highest BCUT2D eigenvalue weighted by Crippen LogP contribution is 2.28. The molecule has 0 aliphatic carbocycles. The minimum atomic E-state index is -0.265. The third kappa shape index (κ3) is 3.85. The molecule has 1 aliphatic rings. The average Bonchev–Trinajstić information content (AvgIpc) is 3.05. The number of aromatic nitrogens is 1. The summed E-state index contributed by atoms with van der Waals surface area (Å²) in [5.41, 5.74) is 2.64. The molecule has 3 rings (SSSR count). The summed E-state index contributed by atoms with van der Waals surface area (Å²) in [6.45, 7) is 1.92. The largest absolute Gasteiger partial charge is 0.349 e. The van der Waals surface area contributed by atoms with Crippen LogP contribution in [-0.2, 0) is 6.42 Å². The fourth-order valence-corrected chi connectivity index (χ4v) is 2.85. The van der Waals surface area contributed by atoms with Crippen molar-refractivity contribution in [2.75, 3.05) is 38.6 Å². The molecule has 0 saturated heterocycles. The summed E-state index contributed by atoms with van der Waals surface area (Å²) in [4.78, 5) is 33.0. The van der Waals surface area contributed by atoms with Crippen molar-refractivity contribution in [1.29, 1.82) is 0 Å². The Balaban J connectivity index is 1.73. The Morgan fingerprint density at radius 3 is 2.68 bits per heavy atom. The number of pyridine rings is 1. The molecule has 0 bridgehead atoms. The molecule has 0 spiro atoms. The Labute approximate surface area is 147 Å². The number of hydrogen-bond donors (Lipinski definition) is 1. The van der Waals surface area contributed by atoms with Crippen molar-refractivity contribution in [3.63, 3.8) is 0 Å². The van der Waals surface area contributed by atoms with E-state index in [1.165, 1.54) is 0 Å². The Kier molecular flexibility index (Phi) is 5.09. The standard InChI is InChI=1S/C19H22N4O2/c1-22(2)13-11-20-18(24)15-7-5-8-16(21-15)19(25)23-12-10-14-6-3-4-9-17(14)23/h3-9H,10-13H2,1-2H3,(H,20,24). The highest BCUT2D eigenvalue weighted by molar-refractivity contribution is 6.06. The topological polar surface area (TPSA) is 65.5 Å². The van der Waals surface area contributed by atoms with E-state index in [0.29, 0.717) is 13.1 Å². The number of amides is 2. The number of likely N-dealkylation sites (N-methyl/N-ethyl adjacent to an activating group) is 1. The van der Waals surface area contributed by atoms with Crippen molar-refractivity contribution >= 4 is 17.5 Å². The van der Waals surface area contributed by atoms with Crippen LogP contribution in [0.2, 0.25) is 0 Å². The van der Waals surface area contributed by atoms with Gasteiger partial charge in [-0.1, -0.05) is 24.3 Å². The molecule has 0 saturated carbocycles. The van der Waals surface area contributed by atoms with Crippen LogP contribution in [0.1, 0.15) is 26.5 Å². The Morgan fingerprint density at radius 1 is 1.12 bits per heavy atom. The third-order valence-corrected chi connectivity index (χ3v) is 4.18. The van der Waals surface area contributed by atoms with Gasteiger partial charge >= 0.3 is 0 Å². The van der Waals surface area contributed by atoms with Gasteiger partial charge in [0, 0.05) is 25.3 Å². The number of fused-ring (bicyclic) bond motifs is 1. The van der Waals surface area contributed by atoms with Gasteiger partial charge < -0.3 is 15.1 Å². The first-order valence-corrected chi connectivity index (χ1v) is 8.36. The first-order chi connectivity index (χ1) is 12.1. The van der Waals surface area contributed by atoms with Gasteiger partial charge in [-0.25, -0.2) is 4.98 Å². The van der Waals surface area contributed by atoms with Crippen molar-refractivity contribution in [1.82, 2.24) is 15.2 Å². The Bertz CT molecular complexity index is 788. The molecule has 2 heterocycles. The molecule has 25 heavy (non-hydrogen) atoms. The summed E-state index contributed by atoms with van der Waals surface area (Å²) in [6, 6.07) is 12.8. The maximum absolute atomic E-state index is 12.8. The van der Waals surface area contributed by atoms with Crippen LogP contribution in [0, 0.1) is 0 Å². The van der Waals surface area contributed by atoms with Gasteiger partial charge in [-0.2, -0.15) is 0 Å². The van der Waals surface area contributed by atoms with Gasteiger partial charge in [0.15, 0.2) is 0 Å². The summed E-state index contributed by atoms with van der Waals surface area (Å²) >= 11 is 0. The number of nitrogens with one attached hydrogen (secondary N) is 1. The lowest BCUT2D eigenvalue weighted by atomic mass is 10.2. The molecule has 1 aliphatic heterocycles. The normalized spacial score (nSPS) is 13.0. The molecule has 6 heteroatoms. The van der Waals surface area contributed by atoms with Gasteiger partial charge in [0.2, 0.25) is 0 Å². The summed E-state index contributed by atoms with van der Waals surface area (Å²) in [5, 5.41) is 2.81. The number of para-hydroxylation sites is 1. The molecule has 0 fully saturated rings. The van der Waals surface area contributed by atoms with Crippen LogP contribution in [-0.4, -0.2) is 55.4 Å². The molecule has 0 atom stereocenters. The van der Waals surface area contributed by atoms with Crippen LogP contribution in [0.4, 0.5) is 5.69 Å². The Morgan fingerprint density at radius 2 is 1.88 bits per heavy atom. The molecule has 0 radical (unpaired) electrons. The average molecular weight is 338 g/mol. The van der Waals surface area contributed by atoms with E-state index < -0.39 is 0 Å². The number of rotatable bonds is 5. The van der Waals surface area contributed by atoms with Crippen LogP contribution >= 0.6 is 0 Å². The lowest BCUT2D eigenvalue weighted by molar-refractivity contribution is 0.0945. The van der Waals surface area contributed by atoms with Gasteiger partial charge in [-0.3, -0.25) is 9.59 Å². The van der Waals surface area contributed by atoms with Crippen LogP contribution in [0.3, 0.4) is 0 Å². The van der Waals surface area contributed by atoms with Crippen LogP contribution in [0.25, 0.3) is 0 Å². The van der Waals surface area contributed by atoms with Crippen LogP contribution in [0.5, 0.6) is 0 Å². The zero-order chi connectivity index (χ0) is 17.8. The lowest BCUT2D eigenvalue weighted by Gasteiger charge is -2.17. The maximum atomic E-state index is 12.8. The number of anilines is 1. The molecular weight excluding hydrogens is 316 g/mol. The number of carbonyl (C=O) groups excluding carboxylic acids is 2. The number of carbonyl (C=O) groups is 2. The Hall–Kier alpha value is -2.73. The predicted octanol–water partition coefficient (Wildman–Crippen LogP) is 1.58. The van der Waals surface area contributed by atoms with Crippen molar-refractivity contribution < 1.29 is 9.59 Å². The smallest absolute Gasteiger partial charge is 0.276 e. The summed E-state index contributed by atoms with van der Waals surface area (Å²) in [5.74, 6) is -0.439. The highest BCUT2D eigenvalue weighted by atomic mass is 16.2. The zero-order valence-corrected chi connectivity index (χ0v) is 14.5. The SMILES string of the molecule is CN(C)CCNC(=O)c1cccc(C(=O)N2CCc3ccccc32)n1. The van der Waals surface area contributed by atoms with Crippen molar-refractivity contribution in [3.05, 3.63) is 59.4 Å². The van der Waals surface area contributed by atoms with Gasteiger partial charge in [-0.05, 0) is 44.3 Å². The molecule has 0 unspecified atom stereocenters. The van der Waals surface area contributed by atoms with E-state index >= 15 is 0 Å². The van der Waals surface area contributed by atoms with Crippen LogP contribution < -0.4 is 10.2 Å². The first-order valence-electron chi connectivity index (χ1n) is 8.36. The maximum Gasteiger partial charge on any atom is 0.276 e. The molecule has 1 aromatic heterocycles. The lowest BCUT2D eigenvalue weighted by Crippen LogP contribution is -2.33. The van der Waals surface area contributed by atoms with E-state index in [-0.39, 0.29) is 23.2 Å². The monoisotopic (exact) mass is 338 g/mol. The van der Waals surface area contributed by atoms with Crippen molar-refractivity contribution in [2.45, 2.75) is 6.42 Å². The number of benzene rings is 1. The summed E-state index contributed by atoms with van der Waals surface area (Å²) < 4.78 is 0. The van der Waals surface area contributed by atoms with E-state index in [4.69, 9.17) is 0 Å². The van der Waals surface area contributed by atoms with E-state index in [9.17, 15) is 9.59 Å². The minimum Gasteiger partial charge on any atom is -0.349 e. The molecule has 2 amide bonds. The zero-order valence-electron chi connectivity index (χ0n) is 14.5. The van der Waals surface area contributed by atoms with E-state index in [1.807, 2.05) is 43.3 Å². The second-order valence-corrected chi connectivity index (χ2v) is 6.30. The summed E-state index contributed by atoms with van der Waals surface area (Å²) in [6.07, 6.45) is 0.840. The second kappa shape index (κ2) is 7.44. The van der Waals surface area contributed by atoms with Gasteiger partial charge in [0.05, 0.1) is 0 Å². The quantitative estimate of drug-likeness (QED) is 0.899. The third-order valence-electron chi connectivity index (χ3n) is 4.18. The molecule has 130 valence electrons. The van der Waals surface area contributed by atoms with Crippen molar-refractivity contribution in [2.24, 2.45) is 0 Å². The van der Waals surface area contributed by atoms with Crippen molar-refractivity contribution in [3.8, 4) is 0 Å². The van der Waals surface area contributed by atoms with E-state index in [0.717, 1.165) is 24.2 Å². The van der Waals surface area contributed by atoms with E-state index in [1.54, 1.807) is 23.1 Å². The second-order valence-electron chi connectivity index (χ2n) is 6.30. The van der Waals surface area contributed by atoms with Gasteiger partial charge in [-0.15, -0.1) is 0 Å². The predicted molar refractivity (Wildman–Crippen MR) is 96.9 cm³/mol. The highest BCUT2D eigenvalue weighted by Gasteiger charge is 2.26. The fourth-order valence-electron chi connectivity index (χ4n) is 2.85. The number of nitrogens with zero attached hydrogens (tertiary/aromatic N) is 3. The fraction of sp³-hybridized carbons (Fsp3) is 0.316. The van der Waals surface area contributed by atoms with Gasteiger partial charge in [0.25, 0.3) is 11.8 Å². The molecule has 1 N–H and O–H groups in total. The van der Waals surface area contributed by atoms with Crippen LogP contribution in [0.15, 0.2) is 42.5 Å². The molecule has 2 aromatic rings. The molecule has 6 nitrogen and oxygen atoms in total. The first kappa shape index (κ1) is 17.1.